The first-order valence-electron chi connectivity index (χ1n) is 7.46. The SMILES string of the molecule is COC(=O)C(CC(C)C)NC(=O)C1CC1c1ccccc1. The Hall–Kier alpha value is -1.84. The molecule has 1 aromatic rings. The fraction of sp³-hybridized carbons (Fsp3) is 0.529. The largest absolute Gasteiger partial charge is 0.467 e. The summed E-state index contributed by atoms with van der Waals surface area (Å²) in [5.41, 5.74) is 1.19. The number of carbonyl (C=O) groups excluding carboxylic acids is 2. The Kier molecular flexibility index (Phi) is 4.99. The van der Waals surface area contributed by atoms with E-state index in [-0.39, 0.29) is 23.7 Å². The first-order chi connectivity index (χ1) is 10.0. The van der Waals surface area contributed by atoms with Gasteiger partial charge in [-0.15, -0.1) is 0 Å². The minimum Gasteiger partial charge on any atom is -0.467 e. The van der Waals surface area contributed by atoms with Crippen LogP contribution in [0.1, 0.15) is 38.2 Å². The molecule has 21 heavy (non-hydrogen) atoms. The third-order valence-electron chi connectivity index (χ3n) is 3.86. The van der Waals surface area contributed by atoms with Crippen molar-refractivity contribution in [2.75, 3.05) is 7.11 Å². The topological polar surface area (TPSA) is 55.4 Å². The minimum absolute atomic E-state index is 0.0216. The number of nitrogens with one attached hydrogen (secondary N) is 1. The zero-order valence-corrected chi connectivity index (χ0v) is 12.8. The van der Waals surface area contributed by atoms with Crippen molar-refractivity contribution in [1.29, 1.82) is 0 Å². The van der Waals surface area contributed by atoms with Crippen molar-refractivity contribution >= 4 is 11.9 Å². The monoisotopic (exact) mass is 289 g/mol. The number of hydrogen-bond donors (Lipinski definition) is 1. The summed E-state index contributed by atoms with van der Waals surface area (Å²) in [6, 6.07) is 9.49. The van der Waals surface area contributed by atoms with E-state index >= 15 is 0 Å². The van der Waals surface area contributed by atoms with Crippen molar-refractivity contribution in [1.82, 2.24) is 5.32 Å². The van der Waals surface area contributed by atoms with Crippen molar-refractivity contribution in [2.45, 2.75) is 38.6 Å². The minimum atomic E-state index is -0.542. The van der Waals surface area contributed by atoms with Crippen LogP contribution in [0, 0.1) is 11.8 Å². The Morgan fingerprint density at radius 3 is 2.52 bits per heavy atom. The predicted molar refractivity (Wildman–Crippen MR) is 80.7 cm³/mol. The van der Waals surface area contributed by atoms with Crippen LogP contribution in [0.15, 0.2) is 30.3 Å². The van der Waals surface area contributed by atoms with Crippen LogP contribution in [-0.2, 0) is 14.3 Å². The maximum absolute atomic E-state index is 12.3. The third-order valence-corrected chi connectivity index (χ3v) is 3.86. The summed E-state index contributed by atoms with van der Waals surface area (Å²) in [6.07, 6.45) is 1.45. The molecule has 3 unspecified atom stereocenters. The Bertz CT molecular complexity index is 498. The molecule has 0 aromatic heterocycles. The standard InChI is InChI=1S/C17H23NO3/c1-11(2)9-15(17(20)21-3)18-16(19)14-10-13(14)12-7-5-4-6-8-12/h4-8,11,13-15H,9-10H2,1-3H3,(H,18,19). The molecule has 1 saturated carbocycles. The molecule has 2 rings (SSSR count). The highest BCUT2D eigenvalue weighted by Crippen LogP contribution is 2.47. The smallest absolute Gasteiger partial charge is 0.328 e. The van der Waals surface area contributed by atoms with Gasteiger partial charge in [-0.2, -0.15) is 0 Å². The van der Waals surface area contributed by atoms with Crippen molar-refractivity contribution < 1.29 is 14.3 Å². The van der Waals surface area contributed by atoms with Crippen LogP contribution in [0.3, 0.4) is 0 Å². The van der Waals surface area contributed by atoms with Gasteiger partial charge in [0.05, 0.1) is 7.11 Å². The number of benzene rings is 1. The van der Waals surface area contributed by atoms with Gasteiger partial charge in [0.25, 0.3) is 0 Å². The molecule has 1 aromatic carbocycles. The average molecular weight is 289 g/mol. The van der Waals surface area contributed by atoms with Gasteiger partial charge in [0.1, 0.15) is 6.04 Å². The van der Waals surface area contributed by atoms with Gasteiger partial charge in [0.2, 0.25) is 5.91 Å². The molecular weight excluding hydrogens is 266 g/mol. The molecule has 114 valence electrons. The molecule has 0 radical (unpaired) electrons. The van der Waals surface area contributed by atoms with Crippen LogP contribution in [0.5, 0.6) is 0 Å². The van der Waals surface area contributed by atoms with Gasteiger partial charge in [-0.25, -0.2) is 4.79 Å². The molecule has 4 nitrogen and oxygen atoms in total. The Morgan fingerprint density at radius 1 is 1.29 bits per heavy atom. The van der Waals surface area contributed by atoms with Crippen molar-refractivity contribution in [3.8, 4) is 0 Å². The fourth-order valence-electron chi connectivity index (χ4n) is 2.66. The zero-order valence-electron chi connectivity index (χ0n) is 12.8. The lowest BCUT2D eigenvalue weighted by Gasteiger charge is -2.18. The Morgan fingerprint density at radius 2 is 1.95 bits per heavy atom. The van der Waals surface area contributed by atoms with E-state index in [1.54, 1.807) is 0 Å². The molecule has 1 amide bonds. The summed E-state index contributed by atoms with van der Waals surface area (Å²) in [5, 5.41) is 2.85. The molecule has 0 saturated heterocycles. The first kappa shape index (κ1) is 15.5. The molecule has 1 aliphatic rings. The van der Waals surface area contributed by atoms with Gasteiger partial charge in [-0.1, -0.05) is 44.2 Å². The molecule has 1 aliphatic carbocycles. The van der Waals surface area contributed by atoms with Crippen LogP contribution in [0.25, 0.3) is 0 Å². The molecular formula is C17H23NO3. The first-order valence-corrected chi connectivity index (χ1v) is 7.46. The van der Waals surface area contributed by atoms with E-state index in [2.05, 4.69) is 5.32 Å². The second-order valence-corrected chi connectivity index (χ2v) is 6.07. The average Bonchev–Trinajstić information content (AvgIpc) is 3.26. The molecule has 3 atom stereocenters. The van der Waals surface area contributed by atoms with E-state index in [4.69, 9.17) is 4.74 Å². The van der Waals surface area contributed by atoms with E-state index in [9.17, 15) is 9.59 Å². The molecule has 0 aliphatic heterocycles. The molecule has 0 bridgehead atoms. The van der Waals surface area contributed by atoms with Crippen molar-refractivity contribution in [3.63, 3.8) is 0 Å². The third kappa shape index (κ3) is 4.06. The quantitative estimate of drug-likeness (QED) is 0.819. The highest BCUT2D eigenvalue weighted by atomic mass is 16.5. The number of ether oxygens (including phenoxy) is 1. The number of esters is 1. The highest BCUT2D eigenvalue weighted by molar-refractivity contribution is 5.88. The zero-order chi connectivity index (χ0) is 15.4. The summed E-state index contributed by atoms with van der Waals surface area (Å²) in [4.78, 5) is 24.0. The van der Waals surface area contributed by atoms with Crippen LogP contribution < -0.4 is 5.32 Å². The highest BCUT2D eigenvalue weighted by Gasteiger charge is 2.44. The predicted octanol–water partition coefficient (Wildman–Crippen LogP) is 2.49. The number of rotatable bonds is 6. The van der Waals surface area contributed by atoms with E-state index in [0.29, 0.717) is 12.3 Å². The maximum Gasteiger partial charge on any atom is 0.328 e. The van der Waals surface area contributed by atoms with Gasteiger partial charge in [0, 0.05) is 5.92 Å². The summed E-state index contributed by atoms with van der Waals surface area (Å²) >= 11 is 0. The van der Waals surface area contributed by atoms with Gasteiger partial charge in [0.15, 0.2) is 0 Å². The maximum atomic E-state index is 12.3. The van der Waals surface area contributed by atoms with E-state index < -0.39 is 6.04 Å². The lowest BCUT2D eigenvalue weighted by Crippen LogP contribution is -2.43. The van der Waals surface area contributed by atoms with Crippen LogP contribution in [-0.4, -0.2) is 25.0 Å². The number of hydrogen-bond acceptors (Lipinski definition) is 3. The Balaban J connectivity index is 1.93. The van der Waals surface area contributed by atoms with Crippen molar-refractivity contribution in [3.05, 3.63) is 35.9 Å². The van der Waals surface area contributed by atoms with E-state index in [1.807, 2.05) is 44.2 Å². The van der Waals surface area contributed by atoms with Gasteiger partial charge >= 0.3 is 5.97 Å². The molecule has 1 N–H and O–H groups in total. The van der Waals surface area contributed by atoms with Gasteiger partial charge in [-0.3, -0.25) is 4.79 Å². The van der Waals surface area contributed by atoms with E-state index in [0.717, 1.165) is 6.42 Å². The molecule has 4 heteroatoms. The molecule has 0 heterocycles. The van der Waals surface area contributed by atoms with Crippen molar-refractivity contribution in [2.24, 2.45) is 11.8 Å². The normalized spacial score (nSPS) is 21.7. The summed E-state index contributed by atoms with van der Waals surface area (Å²) in [5.74, 6) is 0.169. The second kappa shape index (κ2) is 6.74. The number of methoxy groups -OCH3 is 1. The van der Waals surface area contributed by atoms with Gasteiger partial charge in [-0.05, 0) is 30.2 Å². The molecule has 0 spiro atoms. The molecule has 1 fully saturated rings. The lowest BCUT2D eigenvalue weighted by atomic mass is 10.0. The van der Waals surface area contributed by atoms with Gasteiger partial charge < -0.3 is 10.1 Å². The fourth-order valence-corrected chi connectivity index (χ4v) is 2.66. The van der Waals surface area contributed by atoms with Crippen LogP contribution in [0.2, 0.25) is 0 Å². The van der Waals surface area contributed by atoms with Crippen LogP contribution >= 0.6 is 0 Å². The number of carbonyl (C=O) groups is 2. The Labute approximate surface area is 125 Å². The summed E-state index contributed by atoms with van der Waals surface area (Å²) in [7, 11) is 1.35. The summed E-state index contributed by atoms with van der Waals surface area (Å²) in [6.45, 7) is 4.04. The van der Waals surface area contributed by atoms with Crippen LogP contribution in [0.4, 0.5) is 0 Å². The lowest BCUT2D eigenvalue weighted by molar-refractivity contribution is -0.145. The summed E-state index contributed by atoms with van der Waals surface area (Å²) < 4.78 is 4.77. The number of amides is 1. The second-order valence-electron chi connectivity index (χ2n) is 6.07. The van der Waals surface area contributed by atoms with E-state index in [1.165, 1.54) is 12.7 Å².